The molecule has 0 N–H and O–H groups in total. The predicted molar refractivity (Wildman–Crippen MR) is 109 cm³/mol. The summed E-state index contributed by atoms with van der Waals surface area (Å²) in [6.07, 6.45) is 1.71. The summed E-state index contributed by atoms with van der Waals surface area (Å²) in [5, 5.41) is 0.613. The summed E-state index contributed by atoms with van der Waals surface area (Å²) in [4.78, 5) is 0. The lowest BCUT2D eigenvalue weighted by Crippen LogP contribution is -1.92. The molecule has 4 rings (SSSR count). The van der Waals surface area contributed by atoms with Crippen LogP contribution in [0.2, 0.25) is 0 Å². The molecule has 146 valence electrons. The van der Waals surface area contributed by atoms with E-state index in [-0.39, 0.29) is 11.2 Å². The second-order valence-electron chi connectivity index (χ2n) is 7.06. The van der Waals surface area contributed by atoms with Gasteiger partial charge in [0.05, 0.1) is 0 Å². The Kier molecular flexibility index (Phi) is 5.10. The van der Waals surface area contributed by atoms with Gasteiger partial charge in [-0.15, -0.1) is 0 Å². The highest BCUT2D eigenvalue weighted by Crippen LogP contribution is 2.32. The largest absolute Gasteiger partial charge is 0.206 e. The normalized spacial score (nSPS) is 11.2. The molecule has 4 aromatic carbocycles. The van der Waals surface area contributed by atoms with E-state index in [1.807, 2.05) is 13.0 Å². The third-order valence-corrected chi connectivity index (χ3v) is 5.07. The highest BCUT2D eigenvalue weighted by molar-refractivity contribution is 5.88. The second kappa shape index (κ2) is 7.70. The van der Waals surface area contributed by atoms with Gasteiger partial charge in [-0.1, -0.05) is 55.8 Å². The quantitative estimate of drug-likeness (QED) is 0.311. The Balaban J connectivity index is 1.73. The predicted octanol–water partition coefficient (Wildman–Crippen LogP) is 7.68. The van der Waals surface area contributed by atoms with E-state index in [4.69, 9.17) is 0 Å². The van der Waals surface area contributed by atoms with Crippen molar-refractivity contribution in [3.8, 4) is 22.3 Å². The highest BCUT2D eigenvalue weighted by atomic mass is 19.2. The van der Waals surface area contributed by atoms with Gasteiger partial charge in [0.2, 0.25) is 0 Å². The Morgan fingerprint density at radius 1 is 0.621 bits per heavy atom. The Labute approximate surface area is 166 Å². The van der Waals surface area contributed by atoms with Crippen LogP contribution in [0.4, 0.5) is 17.6 Å². The third-order valence-electron chi connectivity index (χ3n) is 5.07. The molecule has 0 aliphatic heterocycles. The van der Waals surface area contributed by atoms with Gasteiger partial charge in [-0.2, -0.15) is 0 Å². The van der Waals surface area contributed by atoms with Gasteiger partial charge in [0.25, 0.3) is 0 Å². The molecule has 0 saturated carbocycles. The van der Waals surface area contributed by atoms with Crippen molar-refractivity contribution in [3.63, 3.8) is 0 Å². The maximum absolute atomic E-state index is 14.8. The fraction of sp³-hybridized carbons (Fsp3) is 0.120. The van der Waals surface area contributed by atoms with Crippen LogP contribution in [-0.2, 0) is 6.42 Å². The van der Waals surface area contributed by atoms with Crippen LogP contribution in [0.1, 0.15) is 18.9 Å². The first-order chi connectivity index (χ1) is 14.0. The average molecular weight is 394 g/mol. The molecule has 4 heteroatoms. The van der Waals surface area contributed by atoms with Crippen LogP contribution in [0.25, 0.3) is 33.0 Å². The lowest BCUT2D eigenvalue weighted by molar-refractivity contribution is 0.517. The monoisotopic (exact) mass is 394 g/mol. The minimum Gasteiger partial charge on any atom is -0.206 e. The topological polar surface area (TPSA) is 0 Å². The number of fused-ring (bicyclic) bond motifs is 1. The maximum Gasteiger partial charge on any atom is 0.166 e. The Bertz CT molecular complexity index is 1210. The van der Waals surface area contributed by atoms with Crippen molar-refractivity contribution in [2.75, 3.05) is 0 Å². The van der Waals surface area contributed by atoms with Crippen molar-refractivity contribution in [1.29, 1.82) is 0 Å². The lowest BCUT2D eigenvalue weighted by atomic mass is 9.96. The van der Waals surface area contributed by atoms with Crippen molar-refractivity contribution in [3.05, 3.63) is 95.6 Å². The van der Waals surface area contributed by atoms with Crippen molar-refractivity contribution in [2.24, 2.45) is 0 Å². The maximum atomic E-state index is 14.8. The minimum absolute atomic E-state index is 0.139. The molecule has 0 atom stereocenters. The molecule has 0 aliphatic carbocycles. The SMILES string of the molecule is CCCc1ccc(-c2ccc(-c3ccc4c(F)c(F)ccc4c3)c(F)c2)c(F)c1. The van der Waals surface area contributed by atoms with Gasteiger partial charge in [-0.25, -0.2) is 17.6 Å². The molecule has 0 aromatic heterocycles. The molecule has 0 fully saturated rings. The summed E-state index contributed by atoms with van der Waals surface area (Å²) >= 11 is 0. The zero-order valence-electron chi connectivity index (χ0n) is 15.8. The van der Waals surface area contributed by atoms with Crippen molar-refractivity contribution < 1.29 is 17.6 Å². The molecule has 0 nitrogen and oxygen atoms in total. The van der Waals surface area contributed by atoms with E-state index in [9.17, 15) is 17.6 Å². The molecule has 29 heavy (non-hydrogen) atoms. The van der Waals surface area contributed by atoms with Gasteiger partial charge >= 0.3 is 0 Å². The summed E-state index contributed by atoms with van der Waals surface area (Å²) in [6, 6.07) is 16.6. The molecule has 0 aliphatic rings. The number of hydrogen-bond acceptors (Lipinski definition) is 0. The van der Waals surface area contributed by atoms with E-state index in [1.165, 1.54) is 24.3 Å². The molecule has 0 spiro atoms. The molecule has 0 unspecified atom stereocenters. The number of benzene rings is 4. The fourth-order valence-electron chi connectivity index (χ4n) is 3.59. The van der Waals surface area contributed by atoms with Crippen LogP contribution in [-0.4, -0.2) is 0 Å². The van der Waals surface area contributed by atoms with E-state index in [1.54, 1.807) is 30.3 Å². The fourth-order valence-corrected chi connectivity index (χ4v) is 3.59. The van der Waals surface area contributed by atoms with Crippen LogP contribution in [0.15, 0.2) is 66.7 Å². The van der Waals surface area contributed by atoms with Crippen molar-refractivity contribution in [1.82, 2.24) is 0 Å². The Morgan fingerprint density at radius 3 is 1.97 bits per heavy atom. The van der Waals surface area contributed by atoms with E-state index in [2.05, 4.69) is 0 Å². The minimum atomic E-state index is -0.924. The van der Waals surface area contributed by atoms with Crippen LogP contribution >= 0.6 is 0 Å². The summed E-state index contributed by atoms with van der Waals surface area (Å²) < 4.78 is 56.6. The smallest absolute Gasteiger partial charge is 0.166 e. The highest BCUT2D eigenvalue weighted by Gasteiger charge is 2.13. The standard InChI is InChI=1S/C25H18F4/c1-2-3-15-4-8-19(23(27)12-15)18-5-9-20(24(28)14-18)16-6-10-21-17(13-16)7-11-22(26)25(21)29/h4-14H,2-3H2,1H3. The molecule has 0 amide bonds. The third kappa shape index (κ3) is 3.63. The summed E-state index contributed by atoms with van der Waals surface area (Å²) in [5.41, 5.74) is 2.53. The van der Waals surface area contributed by atoms with Crippen LogP contribution in [0.5, 0.6) is 0 Å². The number of hydrogen-bond donors (Lipinski definition) is 0. The first-order valence-electron chi connectivity index (χ1n) is 9.44. The van der Waals surface area contributed by atoms with Crippen LogP contribution in [0.3, 0.4) is 0 Å². The molecular weight excluding hydrogens is 376 g/mol. The average Bonchev–Trinajstić information content (AvgIpc) is 2.71. The first-order valence-corrected chi connectivity index (χ1v) is 9.44. The van der Waals surface area contributed by atoms with Gasteiger partial charge in [0, 0.05) is 16.5 Å². The van der Waals surface area contributed by atoms with Crippen molar-refractivity contribution >= 4 is 10.8 Å². The van der Waals surface area contributed by atoms with Gasteiger partial charge in [-0.3, -0.25) is 0 Å². The van der Waals surface area contributed by atoms with Gasteiger partial charge in [-0.05, 0) is 52.8 Å². The number of halogens is 4. The van der Waals surface area contributed by atoms with E-state index < -0.39 is 17.5 Å². The molecule has 0 radical (unpaired) electrons. The molecule has 0 heterocycles. The van der Waals surface area contributed by atoms with Gasteiger partial charge in [0.15, 0.2) is 11.6 Å². The first kappa shape index (κ1) is 19.2. The summed E-state index contributed by atoms with van der Waals surface area (Å²) in [7, 11) is 0. The molecular formula is C25H18F4. The zero-order chi connectivity index (χ0) is 20.5. The summed E-state index contributed by atoms with van der Waals surface area (Å²) in [5.74, 6) is -2.74. The van der Waals surface area contributed by atoms with Crippen molar-refractivity contribution in [2.45, 2.75) is 19.8 Å². The van der Waals surface area contributed by atoms with Crippen LogP contribution in [0, 0.1) is 23.3 Å². The summed E-state index contributed by atoms with van der Waals surface area (Å²) in [6.45, 7) is 2.03. The van der Waals surface area contributed by atoms with Gasteiger partial charge < -0.3 is 0 Å². The Morgan fingerprint density at radius 2 is 1.28 bits per heavy atom. The molecule has 4 aromatic rings. The second-order valence-corrected chi connectivity index (χ2v) is 7.06. The van der Waals surface area contributed by atoms with E-state index in [0.29, 0.717) is 27.6 Å². The van der Waals surface area contributed by atoms with E-state index in [0.717, 1.165) is 24.5 Å². The number of aryl methyl sites for hydroxylation is 1. The Hall–Kier alpha value is -3.14. The lowest BCUT2D eigenvalue weighted by Gasteiger charge is -2.10. The van der Waals surface area contributed by atoms with E-state index >= 15 is 0 Å². The van der Waals surface area contributed by atoms with Gasteiger partial charge in [0.1, 0.15) is 11.6 Å². The number of rotatable bonds is 4. The van der Waals surface area contributed by atoms with Crippen LogP contribution < -0.4 is 0 Å². The zero-order valence-corrected chi connectivity index (χ0v) is 15.8. The molecule has 0 bridgehead atoms. The molecule has 0 saturated heterocycles.